The fraction of sp³-hybridized carbons (Fsp3) is 0.429. The largest absolute Gasteiger partial charge is 0.497 e. The van der Waals surface area contributed by atoms with Crippen molar-refractivity contribution in [3.05, 3.63) is 36.4 Å². The van der Waals surface area contributed by atoms with Crippen LogP contribution in [-0.4, -0.2) is 13.2 Å². The van der Waals surface area contributed by atoms with Crippen LogP contribution in [0, 0.1) is 0 Å². The third kappa shape index (κ3) is 3.02. The third-order valence-electron chi connectivity index (χ3n) is 2.99. The molecule has 0 heterocycles. The summed E-state index contributed by atoms with van der Waals surface area (Å²) in [6.07, 6.45) is 9.40. The molecule has 0 saturated carbocycles. The van der Waals surface area contributed by atoms with Crippen LogP contribution in [-0.2, 0) is 0 Å². The number of hydrogen-bond donors (Lipinski definition) is 1. The lowest BCUT2D eigenvalue weighted by Crippen LogP contribution is -2.18. The third-order valence-corrected chi connectivity index (χ3v) is 2.99. The molecule has 1 aromatic carbocycles. The summed E-state index contributed by atoms with van der Waals surface area (Å²) in [5.74, 6) is 0.910. The summed E-state index contributed by atoms with van der Waals surface area (Å²) in [4.78, 5) is 0. The highest BCUT2D eigenvalue weighted by molar-refractivity contribution is 5.47. The molecule has 2 heteroatoms. The topological polar surface area (TPSA) is 21.3 Å². The van der Waals surface area contributed by atoms with Gasteiger partial charge in [-0.1, -0.05) is 12.2 Å². The van der Waals surface area contributed by atoms with E-state index in [1.807, 2.05) is 12.1 Å². The molecular weight excluding hydrogens is 198 g/mol. The Morgan fingerprint density at radius 3 is 2.25 bits per heavy atom. The smallest absolute Gasteiger partial charge is 0.119 e. The van der Waals surface area contributed by atoms with Crippen LogP contribution < -0.4 is 10.1 Å². The molecule has 0 amide bonds. The predicted octanol–water partition coefficient (Wildman–Crippen LogP) is 3.61. The number of benzene rings is 1. The van der Waals surface area contributed by atoms with Crippen LogP contribution in [0.1, 0.15) is 25.7 Å². The molecule has 0 unspecified atom stereocenters. The number of rotatable bonds is 3. The van der Waals surface area contributed by atoms with Gasteiger partial charge in [0.1, 0.15) is 5.75 Å². The SMILES string of the molecule is COc1ccc(NC2CCC=CCC2)cc1. The van der Waals surface area contributed by atoms with E-state index in [4.69, 9.17) is 4.74 Å². The Morgan fingerprint density at radius 2 is 1.69 bits per heavy atom. The van der Waals surface area contributed by atoms with Crippen LogP contribution >= 0.6 is 0 Å². The number of methoxy groups -OCH3 is 1. The Balaban J connectivity index is 1.92. The van der Waals surface area contributed by atoms with Gasteiger partial charge in [-0.15, -0.1) is 0 Å². The van der Waals surface area contributed by atoms with Gasteiger partial charge in [-0.2, -0.15) is 0 Å². The summed E-state index contributed by atoms with van der Waals surface area (Å²) >= 11 is 0. The molecule has 86 valence electrons. The molecule has 1 aromatic rings. The molecular formula is C14H19NO. The summed E-state index contributed by atoms with van der Waals surface area (Å²) < 4.78 is 5.14. The van der Waals surface area contributed by atoms with Gasteiger partial charge in [-0.3, -0.25) is 0 Å². The minimum absolute atomic E-state index is 0.600. The van der Waals surface area contributed by atoms with Gasteiger partial charge in [0, 0.05) is 11.7 Å². The molecule has 1 aliphatic rings. The van der Waals surface area contributed by atoms with Crippen LogP contribution in [0.5, 0.6) is 5.75 Å². The molecule has 0 spiro atoms. The monoisotopic (exact) mass is 217 g/mol. The molecule has 0 fully saturated rings. The zero-order valence-electron chi connectivity index (χ0n) is 9.78. The number of ether oxygens (including phenoxy) is 1. The van der Waals surface area contributed by atoms with Crippen molar-refractivity contribution in [3.63, 3.8) is 0 Å². The standard InChI is InChI=1S/C14H19NO/c1-16-14-10-8-13(9-11-14)15-12-6-4-2-3-5-7-12/h2-3,8-12,15H,4-7H2,1H3. The lowest BCUT2D eigenvalue weighted by molar-refractivity contribution is 0.415. The van der Waals surface area contributed by atoms with E-state index in [0.717, 1.165) is 5.75 Å². The molecule has 0 atom stereocenters. The van der Waals surface area contributed by atoms with Crippen molar-refractivity contribution in [2.75, 3.05) is 12.4 Å². The normalized spacial score (nSPS) is 16.8. The van der Waals surface area contributed by atoms with Gasteiger partial charge < -0.3 is 10.1 Å². The van der Waals surface area contributed by atoms with Gasteiger partial charge in [0.05, 0.1) is 7.11 Å². The molecule has 0 saturated heterocycles. The molecule has 1 N–H and O–H groups in total. The minimum atomic E-state index is 0.600. The first-order valence-corrected chi connectivity index (χ1v) is 5.94. The summed E-state index contributed by atoms with van der Waals surface area (Å²) in [5, 5.41) is 3.58. The van der Waals surface area contributed by atoms with Crippen LogP contribution in [0.3, 0.4) is 0 Å². The zero-order chi connectivity index (χ0) is 11.2. The van der Waals surface area contributed by atoms with Gasteiger partial charge >= 0.3 is 0 Å². The molecule has 0 aliphatic heterocycles. The minimum Gasteiger partial charge on any atom is -0.497 e. The van der Waals surface area contributed by atoms with E-state index in [1.165, 1.54) is 31.4 Å². The Hall–Kier alpha value is -1.44. The van der Waals surface area contributed by atoms with E-state index in [9.17, 15) is 0 Å². The summed E-state index contributed by atoms with van der Waals surface area (Å²) in [7, 11) is 1.69. The number of hydrogen-bond acceptors (Lipinski definition) is 2. The van der Waals surface area contributed by atoms with E-state index in [2.05, 4.69) is 29.6 Å². The second-order valence-corrected chi connectivity index (χ2v) is 4.20. The highest BCUT2D eigenvalue weighted by Crippen LogP contribution is 2.20. The summed E-state index contributed by atoms with van der Waals surface area (Å²) in [5.41, 5.74) is 1.19. The fourth-order valence-corrected chi connectivity index (χ4v) is 2.04. The van der Waals surface area contributed by atoms with Crippen LogP contribution in [0.25, 0.3) is 0 Å². The van der Waals surface area contributed by atoms with Crippen molar-refractivity contribution in [2.45, 2.75) is 31.7 Å². The number of allylic oxidation sites excluding steroid dienone is 2. The lowest BCUT2D eigenvalue weighted by Gasteiger charge is -2.17. The fourth-order valence-electron chi connectivity index (χ4n) is 2.04. The van der Waals surface area contributed by atoms with Crippen LogP contribution in [0.15, 0.2) is 36.4 Å². The van der Waals surface area contributed by atoms with Gasteiger partial charge in [-0.25, -0.2) is 0 Å². The van der Waals surface area contributed by atoms with E-state index >= 15 is 0 Å². The van der Waals surface area contributed by atoms with E-state index < -0.39 is 0 Å². The maximum absolute atomic E-state index is 5.14. The maximum Gasteiger partial charge on any atom is 0.119 e. The van der Waals surface area contributed by atoms with E-state index in [1.54, 1.807) is 7.11 Å². The van der Waals surface area contributed by atoms with Gasteiger partial charge in [0.25, 0.3) is 0 Å². The molecule has 2 rings (SSSR count). The summed E-state index contributed by atoms with van der Waals surface area (Å²) in [6.45, 7) is 0. The first-order valence-electron chi connectivity index (χ1n) is 5.94. The number of anilines is 1. The van der Waals surface area contributed by atoms with Gasteiger partial charge in [-0.05, 0) is 49.9 Å². The molecule has 16 heavy (non-hydrogen) atoms. The second kappa shape index (κ2) is 5.59. The summed E-state index contributed by atoms with van der Waals surface area (Å²) in [6, 6.07) is 8.76. The predicted molar refractivity (Wildman–Crippen MR) is 68.0 cm³/mol. The van der Waals surface area contributed by atoms with Crippen molar-refractivity contribution in [2.24, 2.45) is 0 Å². The maximum atomic E-state index is 5.14. The van der Waals surface area contributed by atoms with Crippen LogP contribution in [0.4, 0.5) is 5.69 Å². The second-order valence-electron chi connectivity index (χ2n) is 4.20. The molecule has 2 nitrogen and oxygen atoms in total. The van der Waals surface area contributed by atoms with E-state index in [-0.39, 0.29) is 0 Å². The van der Waals surface area contributed by atoms with Gasteiger partial charge in [0.2, 0.25) is 0 Å². The van der Waals surface area contributed by atoms with Crippen molar-refractivity contribution in [1.29, 1.82) is 0 Å². The molecule has 0 aromatic heterocycles. The average Bonchev–Trinajstić information content (AvgIpc) is 2.59. The van der Waals surface area contributed by atoms with E-state index in [0.29, 0.717) is 6.04 Å². The Kier molecular flexibility index (Phi) is 3.86. The van der Waals surface area contributed by atoms with Crippen molar-refractivity contribution in [3.8, 4) is 5.75 Å². The highest BCUT2D eigenvalue weighted by atomic mass is 16.5. The number of nitrogens with one attached hydrogen (secondary N) is 1. The van der Waals surface area contributed by atoms with Gasteiger partial charge in [0.15, 0.2) is 0 Å². The first-order chi connectivity index (χ1) is 7.88. The Bertz CT molecular complexity index is 332. The first kappa shape index (κ1) is 11.1. The molecule has 0 radical (unpaired) electrons. The van der Waals surface area contributed by atoms with Crippen molar-refractivity contribution < 1.29 is 4.74 Å². The van der Waals surface area contributed by atoms with Crippen molar-refractivity contribution >= 4 is 5.69 Å². The van der Waals surface area contributed by atoms with Crippen molar-refractivity contribution in [1.82, 2.24) is 0 Å². The van der Waals surface area contributed by atoms with Crippen LogP contribution in [0.2, 0.25) is 0 Å². The zero-order valence-corrected chi connectivity index (χ0v) is 9.78. The quantitative estimate of drug-likeness (QED) is 0.781. The Morgan fingerprint density at radius 1 is 1.06 bits per heavy atom. The molecule has 1 aliphatic carbocycles. The molecule has 0 bridgehead atoms. The average molecular weight is 217 g/mol. The highest BCUT2D eigenvalue weighted by Gasteiger charge is 2.08. The lowest BCUT2D eigenvalue weighted by atomic mass is 10.1. The Labute approximate surface area is 97.3 Å².